The van der Waals surface area contributed by atoms with Gasteiger partial charge >= 0.3 is 6.03 Å². The molecule has 0 aromatic heterocycles. The predicted molar refractivity (Wildman–Crippen MR) is 59.8 cm³/mol. The van der Waals surface area contributed by atoms with Gasteiger partial charge in [-0.1, -0.05) is 35.9 Å². The first-order chi connectivity index (χ1) is 5.81. The van der Waals surface area contributed by atoms with Crippen molar-refractivity contribution in [3.8, 4) is 0 Å². The molecule has 0 aromatic carbocycles. The summed E-state index contributed by atoms with van der Waals surface area (Å²) in [6.07, 6.45) is 3.22. The highest BCUT2D eigenvalue weighted by Crippen LogP contribution is 1.85. The van der Waals surface area contributed by atoms with Crippen LogP contribution in [-0.2, 0) is 0 Å². The van der Waals surface area contributed by atoms with E-state index in [9.17, 15) is 4.79 Å². The number of hydrogen-bond acceptors (Lipinski definition) is 1. The van der Waals surface area contributed by atoms with Gasteiger partial charge in [0.05, 0.1) is 0 Å². The zero-order valence-corrected chi connectivity index (χ0v) is 9.69. The summed E-state index contributed by atoms with van der Waals surface area (Å²) < 4.78 is 1.09. The third-order valence-electron chi connectivity index (χ3n) is 1.41. The number of nitrogens with one attached hydrogen (secondary N) is 2. The van der Waals surface area contributed by atoms with Gasteiger partial charge in [-0.3, -0.25) is 0 Å². The number of amides is 2. The smallest absolute Gasteiger partial charge is 0.314 e. The first kappa shape index (κ1) is 12.0. The molecule has 0 radical (unpaired) electrons. The molecule has 0 saturated heterocycles. The molecule has 0 heterocycles. The lowest BCUT2D eigenvalue weighted by Gasteiger charge is -2.05. The molecular formula is C8H17IN2O. The lowest BCUT2D eigenvalue weighted by molar-refractivity contribution is 0.241. The summed E-state index contributed by atoms with van der Waals surface area (Å²) in [5.74, 6) is 0. The molecule has 12 heavy (non-hydrogen) atoms. The van der Waals surface area contributed by atoms with Gasteiger partial charge in [-0.05, 0) is 12.8 Å². The number of alkyl halides is 1. The Morgan fingerprint density at radius 1 is 1.25 bits per heavy atom. The van der Waals surface area contributed by atoms with Gasteiger partial charge in [-0.15, -0.1) is 0 Å². The fourth-order valence-electron chi connectivity index (χ4n) is 0.710. The summed E-state index contributed by atoms with van der Waals surface area (Å²) in [6, 6.07) is -0.0340. The second-order valence-electron chi connectivity index (χ2n) is 2.58. The first-order valence-electron chi connectivity index (χ1n) is 4.39. The van der Waals surface area contributed by atoms with E-state index in [0.717, 1.165) is 36.8 Å². The van der Waals surface area contributed by atoms with E-state index in [0.29, 0.717) is 0 Å². The average Bonchev–Trinajstić information content (AvgIpc) is 2.06. The molecule has 0 atom stereocenters. The van der Waals surface area contributed by atoms with Crippen LogP contribution in [0.3, 0.4) is 0 Å². The Kier molecular flexibility index (Phi) is 9.09. The van der Waals surface area contributed by atoms with Crippen molar-refractivity contribution < 1.29 is 4.79 Å². The Bertz CT molecular complexity index is 108. The topological polar surface area (TPSA) is 41.1 Å². The van der Waals surface area contributed by atoms with Crippen LogP contribution in [0.2, 0.25) is 0 Å². The van der Waals surface area contributed by atoms with Gasteiger partial charge in [-0.25, -0.2) is 4.79 Å². The van der Waals surface area contributed by atoms with Crippen molar-refractivity contribution >= 4 is 28.6 Å². The van der Waals surface area contributed by atoms with Crippen molar-refractivity contribution in [3.63, 3.8) is 0 Å². The largest absolute Gasteiger partial charge is 0.338 e. The minimum atomic E-state index is -0.0340. The van der Waals surface area contributed by atoms with E-state index in [1.54, 1.807) is 0 Å². The van der Waals surface area contributed by atoms with Gasteiger partial charge < -0.3 is 10.6 Å². The van der Waals surface area contributed by atoms with Crippen molar-refractivity contribution in [3.05, 3.63) is 0 Å². The Morgan fingerprint density at radius 2 is 1.83 bits per heavy atom. The summed E-state index contributed by atoms with van der Waals surface area (Å²) in [5, 5.41) is 5.58. The van der Waals surface area contributed by atoms with Crippen molar-refractivity contribution in [1.29, 1.82) is 0 Å². The molecule has 4 heteroatoms. The van der Waals surface area contributed by atoms with Gasteiger partial charge in [0.15, 0.2) is 0 Å². The summed E-state index contributed by atoms with van der Waals surface area (Å²) in [5.41, 5.74) is 0. The molecule has 72 valence electrons. The first-order valence-corrected chi connectivity index (χ1v) is 5.91. The third-order valence-corrected chi connectivity index (χ3v) is 2.17. The van der Waals surface area contributed by atoms with Crippen LogP contribution in [0, 0.1) is 0 Å². The second-order valence-corrected chi connectivity index (χ2v) is 3.66. The average molecular weight is 284 g/mol. The standard InChI is InChI=1S/C8H17IN2O/c1-2-3-6-10-8(12)11-7-4-5-9/h2-7H2,1H3,(H2,10,11,12). The number of carbonyl (C=O) groups excluding carboxylic acids is 1. The zero-order valence-electron chi connectivity index (χ0n) is 7.53. The molecule has 0 aromatic rings. The lowest BCUT2D eigenvalue weighted by atomic mass is 10.3. The molecule has 0 bridgehead atoms. The van der Waals surface area contributed by atoms with Crippen LogP contribution in [0.25, 0.3) is 0 Å². The predicted octanol–water partition coefficient (Wildman–Crippen LogP) is 1.91. The normalized spacial score (nSPS) is 9.50. The highest BCUT2D eigenvalue weighted by molar-refractivity contribution is 14.1. The maximum absolute atomic E-state index is 11.0. The molecule has 3 nitrogen and oxygen atoms in total. The molecule has 0 spiro atoms. The Morgan fingerprint density at radius 3 is 2.33 bits per heavy atom. The van der Waals surface area contributed by atoms with E-state index >= 15 is 0 Å². The number of rotatable bonds is 6. The monoisotopic (exact) mass is 284 g/mol. The maximum Gasteiger partial charge on any atom is 0.314 e. The lowest BCUT2D eigenvalue weighted by Crippen LogP contribution is -2.36. The molecule has 0 unspecified atom stereocenters. The van der Waals surface area contributed by atoms with E-state index in [4.69, 9.17) is 0 Å². The second kappa shape index (κ2) is 9.09. The number of carbonyl (C=O) groups is 1. The number of halogens is 1. The molecule has 0 aliphatic heterocycles. The number of unbranched alkanes of at least 4 members (excludes halogenated alkanes) is 1. The molecule has 2 amide bonds. The molecule has 2 N–H and O–H groups in total. The zero-order chi connectivity index (χ0) is 9.23. The molecule has 0 aliphatic rings. The van der Waals surface area contributed by atoms with Crippen LogP contribution < -0.4 is 10.6 Å². The Labute approximate surface area is 87.8 Å². The SMILES string of the molecule is CCCCNC(=O)NCCCI. The minimum Gasteiger partial charge on any atom is -0.338 e. The van der Waals surface area contributed by atoms with Gasteiger partial charge in [-0.2, -0.15) is 0 Å². The number of hydrogen-bond donors (Lipinski definition) is 2. The van der Waals surface area contributed by atoms with E-state index in [-0.39, 0.29) is 6.03 Å². The van der Waals surface area contributed by atoms with E-state index in [1.807, 2.05) is 0 Å². The van der Waals surface area contributed by atoms with Crippen LogP contribution in [0.15, 0.2) is 0 Å². The maximum atomic E-state index is 11.0. The van der Waals surface area contributed by atoms with Gasteiger partial charge in [0.25, 0.3) is 0 Å². The van der Waals surface area contributed by atoms with Crippen molar-refractivity contribution in [2.75, 3.05) is 17.5 Å². The summed E-state index contributed by atoms with van der Waals surface area (Å²) >= 11 is 2.30. The minimum absolute atomic E-state index is 0.0340. The van der Waals surface area contributed by atoms with Gasteiger partial charge in [0.2, 0.25) is 0 Å². The summed E-state index contributed by atoms with van der Waals surface area (Å²) in [4.78, 5) is 11.0. The fraction of sp³-hybridized carbons (Fsp3) is 0.875. The highest BCUT2D eigenvalue weighted by Gasteiger charge is 1.95. The Hall–Kier alpha value is 0. The molecule has 0 aliphatic carbocycles. The van der Waals surface area contributed by atoms with Crippen LogP contribution in [0.4, 0.5) is 4.79 Å². The summed E-state index contributed by atoms with van der Waals surface area (Å²) in [7, 11) is 0. The highest BCUT2D eigenvalue weighted by atomic mass is 127. The quantitative estimate of drug-likeness (QED) is 0.436. The molecular weight excluding hydrogens is 267 g/mol. The van der Waals surface area contributed by atoms with E-state index in [2.05, 4.69) is 40.1 Å². The van der Waals surface area contributed by atoms with Crippen LogP contribution in [0.1, 0.15) is 26.2 Å². The van der Waals surface area contributed by atoms with E-state index < -0.39 is 0 Å². The molecule has 0 fully saturated rings. The van der Waals surface area contributed by atoms with Crippen LogP contribution in [-0.4, -0.2) is 23.5 Å². The molecule has 0 saturated carbocycles. The van der Waals surface area contributed by atoms with Crippen LogP contribution >= 0.6 is 22.6 Å². The van der Waals surface area contributed by atoms with Crippen molar-refractivity contribution in [1.82, 2.24) is 10.6 Å². The fourth-order valence-corrected chi connectivity index (χ4v) is 1.09. The number of urea groups is 1. The van der Waals surface area contributed by atoms with Crippen LogP contribution in [0.5, 0.6) is 0 Å². The molecule has 0 rings (SSSR count). The third kappa shape index (κ3) is 8.10. The van der Waals surface area contributed by atoms with Gasteiger partial charge in [0.1, 0.15) is 0 Å². The van der Waals surface area contributed by atoms with Gasteiger partial charge in [0, 0.05) is 17.5 Å². The van der Waals surface area contributed by atoms with Crippen molar-refractivity contribution in [2.45, 2.75) is 26.2 Å². The van der Waals surface area contributed by atoms with E-state index in [1.165, 1.54) is 0 Å². The summed E-state index contributed by atoms with van der Waals surface area (Å²) in [6.45, 7) is 3.67. The van der Waals surface area contributed by atoms with Crippen molar-refractivity contribution in [2.24, 2.45) is 0 Å². The Balaban J connectivity index is 3.10.